The Hall–Kier alpha value is -2.02. The molecule has 7 heteroatoms. The highest BCUT2D eigenvalue weighted by Gasteiger charge is 2.38. The molecule has 0 spiro atoms. The van der Waals surface area contributed by atoms with Gasteiger partial charge in [0, 0.05) is 24.4 Å². The van der Waals surface area contributed by atoms with Crippen LogP contribution in [0.15, 0.2) is 24.3 Å². The maximum absolute atomic E-state index is 12.8. The smallest absolute Gasteiger partial charge is 0.337 e. The molecule has 1 aromatic carbocycles. The maximum atomic E-state index is 12.8. The Kier molecular flexibility index (Phi) is 5.08. The first-order valence-corrected chi connectivity index (χ1v) is 9.13. The number of ether oxygens (including phenoxy) is 1. The van der Waals surface area contributed by atoms with Crippen molar-refractivity contribution in [2.45, 2.75) is 18.9 Å². The molecule has 2 amide bonds. The summed E-state index contributed by atoms with van der Waals surface area (Å²) in [5, 5.41) is 0. The van der Waals surface area contributed by atoms with Crippen molar-refractivity contribution in [2.24, 2.45) is 0 Å². The van der Waals surface area contributed by atoms with Gasteiger partial charge in [-0.1, -0.05) is 0 Å². The summed E-state index contributed by atoms with van der Waals surface area (Å²) < 4.78 is 4.65. The number of amides is 2. The number of thioether (sulfide) groups is 1. The molecule has 0 saturated carbocycles. The molecule has 2 saturated heterocycles. The molecule has 2 aliphatic rings. The molecule has 1 atom stereocenters. The fourth-order valence-electron chi connectivity index (χ4n) is 3.03. The Morgan fingerprint density at radius 3 is 2.33 bits per heavy atom. The van der Waals surface area contributed by atoms with E-state index in [1.54, 1.807) is 40.9 Å². The van der Waals surface area contributed by atoms with Crippen LogP contribution in [-0.4, -0.2) is 65.5 Å². The van der Waals surface area contributed by atoms with Crippen LogP contribution in [0.2, 0.25) is 0 Å². The van der Waals surface area contributed by atoms with E-state index in [0.717, 1.165) is 25.9 Å². The van der Waals surface area contributed by atoms with Gasteiger partial charge in [-0.05, 0) is 37.1 Å². The summed E-state index contributed by atoms with van der Waals surface area (Å²) >= 11 is 1.60. The van der Waals surface area contributed by atoms with Crippen LogP contribution in [0, 0.1) is 0 Å². The standard InChI is InChI=1S/C17H20N2O4S/c1-23-17(22)13-6-4-12(5-7-13)15(20)19-11-24-10-14(19)16(21)18-8-2-3-9-18/h4-7,14H,2-3,8-11H2,1H3/t14-/m0/s1. The van der Waals surface area contributed by atoms with Crippen molar-refractivity contribution in [2.75, 3.05) is 31.8 Å². The van der Waals surface area contributed by atoms with Gasteiger partial charge in [0.15, 0.2) is 0 Å². The SMILES string of the molecule is COC(=O)c1ccc(C(=O)N2CSC[C@H]2C(=O)N2CCCC2)cc1. The molecule has 2 aliphatic heterocycles. The van der Waals surface area contributed by atoms with Crippen LogP contribution in [0.3, 0.4) is 0 Å². The van der Waals surface area contributed by atoms with E-state index in [4.69, 9.17) is 0 Å². The van der Waals surface area contributed by atoms with E-state index < -0.39 is 5.97 Å². The monoisotopic (exact) mass is 348 g/mol. The van der Waals surface area contributed by atoms with Gasteiger partial charge >= 0.3 is 5.97 Å². The first-order chi connectivity index (χ1) is 11.6. The summed E-state index contributed by atoms with van der Waals surface area (Å²) in [6, 6.07) is 5.96. The van der Waals surface area contributed by atoms with Gasteiger partial charge in [0.05, 0.1) is 18.6 Å². The van der Waals surface area contributed by atoms with Gasteiger partial charge in [-0.25, -0.2) is 4.79 Å². The Bertz CT molecular complexity index is 640. The number of methoxy groups -OCH3 is 1. The third kappa shape index (κ3) is 3.26. The molecular formula is C17H20N2O4S. The molecule has 24 heavy (non-hydrogen) atoms. The van der Waals surface area contributed by atoms with Crippen LogP contribution < -0.4 is 0 Å². The number of carbonyl (C=O) groups excluding carboxylic acids is 3. The van der Waals surface area contributed by atoms with Gasteiger partial charge in [0.2, 0.25) is 5.91 Å². The summed E-state index contributed by atoms with van der Waals surface area (Å²) in [6.45, 7) is 1.58. The van der Waals surface area contributed by atoms with Crippen LogP contribution in [0.25, 0.3) is 0 Å². The maximum Gasteiger partial charge on any atom is 0.337 e. The summed E-state index contributed by atoms with van der Waals surface area (Å²) in [5.41, 5.74) is 0.874. The Balaban J connectivity index is 1.73. The Labute approximate surface area is 145 Å². The van der Waals surface area contributed by atoms with Gasteiger partial charge in [0.1, 0.15) is 6.04 Å². The number of hydrogen-bond acceptors (Lipinski definition) is 5. The largest absolute Gasteiger partial charge is 0.465 e. The average Bonchev–Trinajstić information content (AvgIpc) is 3.31. The van der Waals surface area contributed by atoms with E-state index >= 15 is 0 Å². The first-order valence-electron chi connectivity index (χ1n) is 7.97. The molecule has 0 N–H and O–H groups in total. The number of benzene rings is 1. The molecule has 1 aromatic rings. The second kappa shape index (κ2) is 7.25. The predicted molar refractivity (Wildman–Crippen MR) is 90.9 cm³/mol. The van der Waals surface area contributed by atoms with E-state index in [-0.39, 0.29) is 17.9 Å². The van der Waals surface area contributed by atoms with Gasteiger partial charge in [-0.15, -0.1) is 11.8 Å². The van der Waals surface area contributed by atoms with Crippen molar-refractivity contribution >= 4 is 29.5 Å². The fraction of sp³-hybridized carbons (Fsp3) is 0.471. The normalized spacial score (nSPS) is 20.3. The minimum atomic E-state index is -0.437. The van der Waals surface area contributed by atoms with E-state index in [0.29, 0.717) is 22.8 Å². The number of carbonyl (C=O) groups is 3. The highest BCUT2D eigenvalue weighted by molar-refractivity contribution is 7.99. The number of hydrogen-bond donors (Lipinski definition) is 0. The van der Waals surface area contributed by atoms with E-state index in [9.17, 15) is 14.4 Å². The minimum Gasteiger partial charge on any atom is -0.465 e. The lowest BCUT2D eigenvalue weighted by atomic mass is 10.1. The highest BCUT2D eigenvalue weighted by atomic mass is 32.2. The van der Waals surface area contributed by atoms with Crippen molar-refractivity contribution in [3.63, 3.8) is 0 Å². The predicted octanol–water partition coefficient (Wildman–Crippen LogP) is 1.61. The second-order valence-corrected chi connectivity index (χ2v) is 6.89. The van der Waals surface area contributed by atoms with Crippen LogP contribution in [0.1, 0.15) is 33.6 Å². The lowest BCUT2D eigenvalue weighted by Gasteiger charge is -2.27. The zero-order valence-electron chi connectivity index (χ0n) is 13.6. The van der Waals surface area contributed by atoms with E-state index in [2.05, 4.69) is 4.74 Å². The molecule has 3 rings (SSSR count). The van der Waals surface area contributed by atoms with Crippen molar-refractivity contribution < 1.29 is 19.1 Å². The molecule has 2 heterocycles. The topological polar surface area (TPSA) is 66.9 Å². The molecule has 0 radical (unpaired) electrons. The van der Waals surface area contributed by atoms with Crippen molar-refractivity contribution in [3.05, 3.63) is 35.4 Å². The summed E-state index contributed by atoms with van der Waals surface area (Å²) in [5.74, 6) is 0.599. The van der Waals surface area contributed by atoms with Crippen LogP contribution in [0.5, 0.6) is 0 Å². The summed E-state index contributed by atoms with van der Waals surface area (Å²) in [7, 11) is 1.32. The third-order valence-electron chi connectivity index (χ3n) is 4.40. The van der Waals surface area contributed by atoms with Gasteiger partial charge in [0.25, 0.3) is 5.91 Å². The van der Waals surface area contributed by atoms with Crippen molar-refractivity contribution in [3.8, 4) is 0 Å². The Morgan fingerprint density at radius 1 is 1.08 bits per heavy atom. The zero-order valence-corrected chi connectivity index (χ0v) is 14.4. The zero-order chi connectivity index (χ0) is 17.1. The highest BCUT2D eigenvalue weighted by Crippen LogP contribution is 2.26. The van der Waals surface area contributed by atoms with E-state index in [1.807, 2.05) is 4.90 Å². The molecule has 0 unspecified atom stereocenters. The molecule has 0 bridgehead atoms. The van der Waals surface area contributed by atoms with Gasteiger partial charge < -0.3 is 14.5 Å². The number of nitrogens with zero attached hydrogens (tertiary/aromatic N) is 2. The Morgan fingerprint density at radius 2 is 1.71 bits per heavy atom. The average molecular weight is 348 g/mol. The molecule has 0 aliphatic carbocycles. The molecule has 0 aromatic heterocycles. The van der Waals surface area contributed by atoms with Crippen molar-refractivity contribution in [1.82, 2.24) is 9.80 Å². The van der Waals surface area contributed by atoms with E-state index in [1.165, 1.54) is 7.11 Å². The van der Waals surface area contributed by atoms with Crippen LogP contribution >= 0.6 is 11.8 Å². The quantitative estimate of drug-likeness (QED) is 0.777. The lowest BCUT2D eigenvalue weighted by Crippen LogP contribution is -2.48. The summed E-state index contributed by atoms with van der Waals surface area (Å²) in [6.07, 6.45) is 2.07. The first kappa shape index (κ1) is 16.8. The molecule has 128 valence electrons. The van der Waals surface area contributed by atoms with Crippen molar-refractivity contribution in [1.29, 1.82) is 0 Å². The molecule has 6 nitrogen and oxygen atoms in total. The van der Waals surface area contributed by atoms with Gasteiger partial charge in [-0.3, -0.25) is 9.59 Å². The summed E-state index contributed by atoms with van der Waals surface area (Å²) in [4.78, 5) is 40.4. The minimum absolute atomic E-state index is 0.0528. The molecule has 2 fully saturated rings. The fourth-order valence-corrected chi connectivity index (χ4v) is 4.17. The third-order valence-corrected chi connectivity index (χ3v) is 5.41. The number of esters is 1. The number of rotatable bonds is 3. The lowest BCUT2D eigenvalue weighted by molar-refractivity contribution is -0.133. The van der Waals surface area contributed by atoms with Crippen LogP contribution in [0.4, 0.5) is 0 Å². The van der Waals surface area contributed by atoms with Gasteiger partial charge in [-0.2, -0.15) is 0 Å². The van der Waals surface area contributed by atoms with Crippen LogP contribution in [-0.2, 0) is 9.53 Å². The number of likely N-dealkylation sites (tertiary alicyclic amines) is 1. The second-order valence-electron chi connectivity index (χ2n) is 5.89. The molecular weight excluding hydrogens is 328 g/mol.